The maximum Gasteiger partial charge on any atom is 0.416 e. The lowest BCUT2D eigenvalue weighted by molar-refractivity contribution is -0.137. The molecule has 0 saturated carbocycles. The summed E-state index contributed by atoms with van der Waals surface area (Å²) in [6.45, 7) is 7.34. The van der Waals surface area contributed by atoms with Crippen LogP contribution in [0.3, 0.4) is 0 Å². The van der Waals surface area contributed by atoms with E-state index in [1.54, 1.807) is 132 Å². The minimum absolute atomic E-state index is 0.000490. The summed E-state index contributed by atoms with van der Waals surface area (Å²) < 4.78 is 92.4. The maximum absolute atomic E-state index is 13.6. The monoisotopic (exact) mass is 1690 g/mol. The van der Waals surface area contributed by atoms with E-state index >= 15 is 0 Å². The SMILES string of the molecule is Cc1ccc(C(=O)CCC(=O)c2ccc3c(c2)SCCO3)cc1.Cc1ccc(C(=O)CCC(=O)c2ccc3c(c2)SCCO3)cc1.O=C(CCC(=O)c1ccc2c(c1)SCCO2)c1cccc(C(F)(F)F)c1.O=C(CCC(=O)c1ccc2c(c1)SCCO2)c1cccc(F)c1.O=C(CCC(=O)c1ccccc1F)c1ccc2c(c1)SCCO2. The van der Waals surface area contributed by atoms with E-state index in [0.717, 1.165) is 105 Å². The molecule has 25 heteroatoms. The zero-order valence-corrected chi connectivity index (χ0v) is 68.5. The molecule has 5 aliphatic rings. The number of rotatable bonds is 25. The largest absolute Gasteiger partial charge is 0.492 e. The molecule has 0 aliphatic carbocycles. The zero-order chi connectivity index (χ0) is 83.7. The Labute approximate surface area is 701 Å². The third-order valence-corrected chi connectivity index (χ3v) is 23.8. The molecule has 15 rings (SSSR count). The van der Waals surface area contributed by atoms with E-state index in [0.29, 0.717) is 77.5 Å². The van der Waals surface area contributed by atoms with E-state index in [2.05, 4.69) is 0 Å². The van der Waals surface area contributed by atoms with Crippen molar-refractivity contribution in [3.8, 4) is 28.7 Å². The average molecular weight is 1690 g/mol. The number of hydrogen-bond donors (Lipinski definition) is 0. The summed E-state index contributed by atoms with van der Waals surface area (Å²) in [5.41, 5.74) is 5.89. The second-order valence-corrected chi connectivity index (χ2v) is 33.0. The number of carbonyl (C=O) groups excluding carboxylic acids is 10. The fourth-order valence-corrected chi connectivity index (χ4v) is 16.7. The van der Waals surface area contributed by atoms with Crippen molar-refractivity contribution in [2.75, 3.05) is 61.8 Å². The predicted octanol–water partition coefficient (Wildman–Crippen LogP) is 22.0. The van der Waals surface area contributed by atoms with Gasteiger partial charge in [-0.1, -0.05) is 96.1 Å². The van der Waals surface area contributed by atoms with Gasteiger partial charge in [0.1, 0.15) is 40.4 Å². The first-order valence-electron chi connectivity index (χ1n) is 38.0. The summed E-state index contributed by atoms with van der Waals surface area (Å²) in [6.07, 6.45) is -3.50. The number of carbonyl (C=O) groups is 10. The number of aryl methyl sites for hydroxylation is 2. The van der Waals surface area contributed by atoms with Gasteiger partial charge in [0.2, 0.25) is 0 Å². The van der Waals surface area contributed by atoms with Crippen molar-refractivity contribution >= 4 is 117 Å². The lowest BCUT2D eigenvalue weighted by atomic mass is 10.00. The molecule has 118 heavy (non-hydrogen) atoms. The molecule has 10 aromatic carbocycles. The van der Waals surface area contributed by atoms with Crippen molar-refractivity contribution < 1.29 is 93.6 Å². The smallest absolute Gasteiger partial charge is 0.416 e. The molecule has 0 spiro atoms. The summed E-state index contributed by atoms with van der Waals surface area (Å²) in [5, 5.41) is 0. The highest BCUT2D eigenvalue weighted by molar-refractivity contribution is 8.00. The lowest BCUT2D eigenvalue weighted by Gasteiger charge is -2.17. The fraction of sp³-hybridized carbons (Fsp3) is 0.247. The lowest BCUT2D eigenvalue weighted by Crippen LogP contribution is -2.10. The quantitative estimate of drug-likeness (QED) is 0.0384. The fourth-order valence-electron chi connectivity index (χ4n) is 12.4. The maximum atomic E-state index is 13.6. The first-order valence-corrected chi connectivity index (χ1v) is 42.9. The van der Waals surface area contributed by atoms with Gasteiger partial charge in [0.15, 0.2) is 57.8 Å². The highest BCUT2D eigenvalue weighted by Crippen LogP contribution is 2.40. The van der Waals surface area contributed by atoms with Crippen LogP contribution in [0.25, 0.3) is 0 Å². The second-order valence-electron chi connectivity index (χ2n) is 27.3. The van der Waals surface area contributed by atoms with E-state index in [1.165, 1.54) is 48.5 Å². The summed E-state index contributed by atoms with van der Waals surface area (Å²) in [7, 11) is 0. The summed E-state index contributed by atoms with van der Waals surface area (Å²) in [6, 6.07) is 57.2. The Morgan fingerprint density at radius 3 is 0.822 bits per heavy atom. The van der Waals surface area contributed by atoms with E-state index in [4.69, 9.17) is 23.7 Å². The van der Waals surface area contributed by atoms with Gasteiger partial charge in [-0.05, 0) is 141 Å². The number of fused-ring (bicyclic) bond motifs is 5. The van der Waals surface area contributed by atoms with Crippen molar-refractivity contribution in [2.24, 2.45) is 0 Å². The van der Waals surface area contributed by atoms with Gasteiger partial charge in [0, 0.05) is 143 Å². The minimum atomic E-state index is -4.50. The molecule has 0 unspecified atom stereocenters. The Morgan fingerprint density at radius 2 is 0.534 bits per heavy atom. The molecule has 608 valence electrons. The van der Waals surface area contributed by atoms with Crippen LogP contribution in [0, 0.1) is 25.5 Å². The van der Waals surface area contributed by atoms with Gasteiger partial charge >= 0.3 is 6.18 Å². The number of thioether (sulfide) groups is 5. The number of ketones is 10. The van der Waals surface area contributed by atoms with Crippen LogP contribution in [0.15, 0.2) is 237 Å². The summed E-state index contributed by atoms with van der Waals surface area (Å²) in [4.78, 5) is 127. The highest BCUT2D eigenvalue weighted by atomic mass is 32.2. The third-order valence-electron chi connectivity index (χ3n) is 18.8. The molecule has 0 bridgehead atoms. The Kier molecular flexibility index (Phi) is 32.2. The number of ether oxygens (including phenoxy) is 5. The molecule has 5 aliphatic heterocycles. The van der Waals surface area contributed by atoms with E-state index in [-0.39, 0.29) is 127 Å². The molecular formula is C93H81F5O15S5. The molecule has 0 saturated heterocycles. The molecule has 15 nitrogen and oxygen atoms in total. The van der Waals surface area contributed by atoms with Crippen LogP contribution in [-0.2, 0) is 6.18 Å². The van der Waals surface area contributed by atoms with Gasteiger partial charge in [0.25, 0.3) is 0 Å². The van der Waals surface area contributed by atoms with Gasteiger partial charge in [-0.2, -0.15) is 13.2 Å². The zero-order valence-electron chi connectivity index (χ0n) is 64.4. The number of Topliss-reactive ketones (excluding diaryl/α,β-unsaturated/α-hetero) is 10. The van der Waals surface area contributed by atoms with Crippen molar-refractivity contribution in [1.82, 2.24) is 0 Å². The third kappa shape index (κ3) is 25.7. The molecular weight excluding hydrogens is 1610 g/mol. The standard InChI is InChI=1S/C19H15F3O3S.2C19H18O3S.2C18H15FO3S/c20-19(21,22)14-3-1-2-12(10-14)15(23)5-6-16(24)13-4-7-17-18(11-13)26-9-8-25-17;2*1-13-2-4-14(5-3-13)16(20)7-8-17(21)15-6-9-18-19(12-15)23-11-10-22-18;19-14-3-1-2-12(10-14)15(20)5-6-16(21)13-4-7-17-18(11-13)23-9-8-22-17;19-14-4-2-1-3-13(14)16(21)7-6-15(20)12-5-8-17-18(11-12)23-10-9-22-17/h1-4,7,10-11H,5-6,8-9H2;2*2-6,9,12H,7-8,10-11H2,1H3;1-4,7,10-11H,5-6,8-9H2;1-5,8,11H,6-7,9-10H2. The number of benzene rings is 10. The molecule has 0 N–H and O–H groups in total. The van der Waals surface area contributed by atoms with Gasteiger partial charge in [-0.15, -0.1) is 58.8 Å². The van der Waals surface area contributed by atoms with Crippen LogP contribution in [0.5, 0.6) is 28.7 Å². The van der Waals surface area contributed by atoms with Crippen molar-refractivity contribution in [3.05, 3.63) is 296 Å². The van der Waals surface area contributed by atoms with Gasteiger partial charge < -0.3 is 23.7 Å². The van der Waals surface area contributed by atoms with Crippen LogP contribution in [0.4, 0.5) is 22.0 Å². The average Bonchev–Trinajstić information content (AvgIpc) is 0.861. The molecule has 0 amide bonds. The molecule has 0 aromatic heterocycles. The van der Waals surface area contributed by atoms with Crippen LogP contribution < -0.4 is 23.7 Å². The van der Waals surface area contributed by atoms with Crippen LogP contribution in [0.1, 0.15) is 184 Å². The van der Waals surface area contributed by atoms with Crippen molar-refractivity contribution in [3.63, 3.8) is 0 Å². The van der Waals surface area contributed by atoms with Crippen molar-refractivity contribution in [2.45, 2.75) is 109 Å². The van der Waals surface area contributed by atoms with Gasteiger partial charge in [-0.3, -0.25) is 47.9 Å². The van der Waals surface area contributed by atoms with E-state index in [9.17, 15) is 69.9 Å². The van der Waals surface area contributed by atoms with Gasteiger partial charge in [-0.25, -0.2) is 8.78 Å². The van der Waals surface area contributed by atoms with Gasteiger partial charge in [0.05, 0.1) is 68.6 Å². The minimum Gasteiger partial charge on any atom is -0.492 e. The molecule has 10 aromatic rings. The summed E-state index contributed by atoms with van der Waals surface area (Å²) in [5.74, 6) is 5.84. The Balaban J connectivity index is 0.000000145. The molecule has 0 fully saturated rings. The highest BCUT2D eigenvalue weighted by Gasteiger charge is 2.31. The number of halogens is 5. The Morgan fingerprint density at radius 1 is 0.280 bits per heavy atom. The first-order chi connectivity index (χ1) is 56.9. The molecule has 5 heterocycles. The Hall–Kier alpha value is -10.7. The van der Waals surface area contributed by atoms with Crippen molar-refractivity contribution in [1.29, 1.82) is 0 Å². The number of hydrogen-bond acceptors (Lipinski definition) is 20. The van der Waals surface area contributed by atoms with E-state index in [1.807, 2.05) is 92.7 Å². The van der Waals surface area contributed by atoms with Crippen LogP contribution in [0.2, 0.25) is 0 Å². The normalized spacial score (nSPS) is 13.2. The second kappa shape index (κ2) is 43.1. The molecule has 0 atom stereocenters. The van der Waals surface area contributed by atoms with E-state index < -0.39 is 29.2 Å². The summed E-state index contributed by atoms with van der Waals surface area (Å²) >= 11 is 8.30. The van der Waals surface area contributed by atoms with Crippen LogP contribution in [-0.4, -0.2) is 120 Å². The molecule has 0 radical (unpaired) electrons. The van der Waals surface area contributed by atoms with Crippen LogP contribution >= 0.6 is 58.8 Å². The predicted molar refractivity (Wildman–Crippen MR) is 449 cm³/mol. The number of alkyl halides is 3. The Bertz CT molecular complexity index is 5230. The topological polar surface area (TPSA) is 217 Å². The first kappa shape index (κ1) is 88.1.